The SMILES string of the molecule is Cc1ccc(OCC(=O)NCCNC(=O)CCC2CCCCC2)cc1. The zero-order chi connectivity index (χ0) is 17.9. The number of hydrogen-bond acceptors (Lipinski definition) is 3. The van der Waals surface area contributed by atoms with Crippen molar-refractivity contribution < 1.29 is 14.3 Å². The van der Waals surface area contributed by atoms with Crippen LogP contribution in [-0.4, -0.2) is 31.5 Å². The summed E-state index contributed by atoms with van der Waals surface area (Å²) in [6.45, 7) is 2.86. The fourth-order valence-electron chi connectivity index (χ4n) is 3.14. The Labute approximate surface area is 150 Å². The monoisotopic (exact) mass is 346 g/mol. The van der Waals surface area contributed by atoms with Crippen molar-refractivity contribution in [1.29, 1.82) is 0 Å². The molecule has 2 rings (SSSR count). The van der Waals surface area contributed by atoms with Gasteiger partial charge in [0, 0.05) is 19.5 Å². The molecule has 138 valence electrons. The van der Waals surface area contributed by atoms with Gasteiger partial charge >= 0.3 is 0 Å². The average Bonchev–Trinajstić information content (AvgIpc) is 2.64. The highest BCUT2D eigenvalue weighted by atomic mass is 16.5. The quantitative estimate of drug-likeness (QED) is 0.676. The van der Waals surface area contributed by atoms with Crippen LogP contribution in [0.3, 0.4) is 0 Å². The molecular weight excluding hydrogens is 316 g/mol. The van der Waals surface area contributed by atoms with Crippen molar-refractivity contribution in [3.63, 3.8) is 0 Å². The molecule has 2 N–H and O–H groups in total. The van der Waals surface area contributed by atoms with Crippen molar-refractivity contribution in [2.24, 2.45) is 5.92 Å². The molecule has 0 heterocycles. The van der Waals surface area contributed by atoms with E-state index in [1.165, 1.54) is 32.1 Å². The number of benzene rings is 1. The standard InChI is InChI=1S/C20H30N2O3/c1-16-7-10-18(11-8-16)25-15-20(24)22-14-13-21-19(23)12-9-17-5-3-2-4-6-17/h7-8,10-11,17H,2-6,9,12-15H2,1H3,(H,21,23)(H,22,24). The van der Waals surface area contributed by atoms with Crippen LogP contribution in [0.25, 0.3) is 0 Å². The van der Waals surface area contributed by atoms with E-state index in [9.17, 15) is 9.59 Å². The van der Waals surface area contributed by atoms with Crippen LogP contribution in [0.15, 0.2) is 24.3 Å². The maximum absolute atomic E-state index is 11.8. The molecule has 5 heteroatoms. The number of amides is 2. The number of ether oxygens (including phenoxy) is 1. The summed E-state index contributed by atoms with van der Waals surface area (Å²) in [5, 5.41) is 5.61. The lowest BCUT2D eigenvalue weighted by molar-refractivity contribution is -0.124. The zero-order valence-electron chi connectivity index (χ0n) is 15.2. The van der Waals surface area contributed by atoms with E-state index in [0.29, 0.717) is 25.3 Å². The highest BCUT2D eigenvalue weighted by molar-refractivity contribution is 5.78. The molecule has 1 aliphatic carbocycles. The van der Waals surface area contributed by atoms with Gasteiger partial charge in [0.25, 0.3) is 5.91 Å². The molecule has 0 saturated heterocycles. The maximum atomic E-state index is 11.8. The molecule has 5 nitrogen and oxygen atoms in total. The molecule has 0 aliphatic heterocycles. The van der Waals surface area contributed by atoms with Gasteiger partial charge < -0.3 is 15.4 Å². The lowest BCUT2D eigenvalue weighted by atomic mass is 9.86. The van der Waals surface area contributed by atoms with Crippen molar-refractivity contribution in [3.05, 3.63) is 29.8 Å². The summed E-state index contributed by atoms with van der Waals surface area (Å²) < 4.78 is 5.41. The minimum Gasteiger partial charge on any atom is -0.484 e. The van der Waals surface area contributed by atoms with Crippen LogP contribution in [0.5, 0.6) is 5.75 Å². The minimum atomic E-state index is -0.183. The summed E-state index contributed by atoms with van der Waals surface area (Å²) in [4.78, 5) is 23.5. The van der Waals surface area contributed by atoms with Gasteiger partial charge in [-0.05, 0) is 31.4 Å². The Morgan fingerprint density at radius 1 is 1.00 bits per heavy atom. The first-order valence-electron chi connectivity index (χ1n) is 9.36. The van der Waals surface area contributed by atoms with Crippen LogP contribution >= 0.6 is 0 Å². The molecule has 1 aromatic carbocycles. The fraction of sp³-hybridized carbons (Fsp3) is 0.600. The maximum Gasteiger partial charge on any atom is 0.258 e. The van der Waals surface area contributed by atoms with Crippen LogP contribution in [0.1, 0.15) is 50.5 Å². The molecule has 1 aromatic rings. The van der Waals surface area contributed by atoms with E-state index in [2.05, 4.69) is 10.6 Å². The molecule has 0 aromatic heterocycles. The van der Waals surface area contributed by atoms with Gasteiger partial charge in [0.05, 0.1) is 0 Å². The zero-order valence-corrected chi connectivity index (χ0v) is 15.2. The van der Waals surface area contributed by atoms with Crippen LogP contribution in [0, 0.1) is 12.8 Å². The molecule has 0 atom stereocenters. The Bertz CT molecular complexity index is 536. The van der Waals surface area contributed by atoms with E-state index in [-0.39, 0.29) is 18.4 Å². The number of hydrogen-bond donors (Lipinski definition) is 2. The number of rotatable bonds is 9. The van der Waals surface area contributed by atoms with Gasteiger partial charge in [-0.2, -0.15) is 0 Å². The Balaban J connectivity index is 1.49. The first kappa shape index (κ1) is 19.3. The number of carbonyl (C=O) groups excluding carboxylic acids is 2. The molecular formula is C20H30N2O3. The first-order chi connectivity index (χ1) is 12.1. The Morgan fingerprint density at radius 2 is 1.64 bits per heavy atom. The van der Waals surface area contributed by atoms with Crippen LogP contribution in [0.2, 0.25) is 0 Å². The van der Waals surface area contributed by atoms with E-state index >= 15 is 0 Å². The van der Waals surface area contributed by atoms with Gasteiger partial charge in [-0.15, -0.1) is 0 Å². The Hall–Kier alpha value is -2.04. The fourth-order valence-corrected chi connectivity index (χ4v) is 3.14. The predicted octanol–water partition coefficient (Wildman–Crippen LogP) is 2.97. The van der Waals surface area contributed by atoms with Crippen molar-refractivity contribution >= 4 is 11.8 Å². The van der Waals surface area contributed by atoms with Crippen molar-refractivity contribution in [1.82, 2.24) is 10.6 Å². The molecule has 25 heavy (non-hydrogen) atoms. The van der Waals surface area contributed by atoms with E-state index in [0.717, 1.165) is 17.9 Å². The normalized spacial score (nSPS) is 14.8. The second-order valence-electron chi connectivity index (χ2n) is 6.84. The van der Waals surface area contributed by atoms with Gasteiger partial charge in [-0.25, -0.2) is 0 Å². The molecule has 0 unspecified atom stereocenters. The third-order valence-electron chi connectivity index (χ3n) is 4.66. The molecule has 1 saturated carbocycles. The van der Waals surface area contributed by atoms with Crippen molar-refractivity contribution in [2.45, 2.75) is 51.9 Å². The lowest BCUT2D eigenvalue weighted by Crippen LogP contribution is -2.36. The summed E-state index contributed by atoms with van der Waals surface area (Å²) in [6, 6.07) is 7.57. The largest absolute Gasteiger partial charge is 0.484 e. The summed E-state index contributed by atoms with van der Waals surface area (Å²) >= 11 is 0. The van der Waals surface area contributed by atoms with Crippen LogP contribution in [-0.2, 0) is 9.59 Å². The predicted molar refractivity (Wildman–Crippen MR) is 98.5 cm³/mol. The van der Waals surface area contributed by atoms with Gasteiger partial charge in [-0.1, -0.05) is 49.8 Å². The average molecular weight is 346 g/mol. The first-order valence-corrected chi connectivity index (χ1v) is 9.36. The smallest absolute Gasteiger partial charge is 0.258 e. The molecule has 0 bridgehead atoms. The molecule has 2 amide bonds. The van der Waals surface area contributed by atoms with E-state index < -0.39 is 0 Å². The summed E-state index contributed by atoms with van der Waals surface area (Å²) in [6.07, 6.45) is 8.08. The van der Waals surface area contributed by atoms with Gasteiger partial charge in [0.1, 0.15) is 5.75 Å². The summed E-state index contributed by atoms with van der Waals surface area (Å²) in [5.74, 6) is 1.29. The second-order valence-corrected chi connectivity index (χ2v) is 6.84. The summed E-state index contributed by atoms with van der Waals surface area (Å²) in [7, 11) is 0. The van der Waals surface area contributed by atoms with E-state index in [1.807, 2.05) is 31.2 Å². The third-order valence-corrected chi connectivity index (χ3v) is 4.66. The minimum absolute atomic E-state index is 0.0152. The van der Waals surface area contributed by atoms with E-state index in [4.69, 9.17) is 4.74 Å². The second kappa shape index (κ2) is 10.7. The van der Waals surface area contributed by atoms with Crippen LogP contribution < -0.4 is 15.4 Å². The highest BCUT2D eigenvalue weighted by Crippen LogP contribution is 2.27. The molecule has 0 radical (unpaired) electrons. The summed E-state index contributed by atoms with van der Waals surface area (Å²) in [5.41, 5.74) is 1.15. The third kappa shape index (κ3) is 8.05. The number of aryl methyl sites for hydroxylation is 1. The lowest BCUT2D eigenvalue weighted by Gasteiger charge is -2.20. The van der Waals surface area contributed by atoms with Gasteiger partial charge in [0.15, 0.2) is 6.61 Å². The highest BCUT2D eigenvalue weighted by Gasteiger charge is 2.14. The Morgan fingerprint density at radius 3 is 2.32 bits per heavy atom. The van der Waals surface area contributed by atoms with Gasteiger partial charge in [-0.3, -0.25) is 9.59 Å². The Kier molecular flexibility index (Phi) is 8.29. The van der Waals surface area contributed by atoms with E-state index in [1.54, 1.807) is 0 Å². The molecule has 1 aliphatic rings. The van der Waals surface area contributed by atoms with Crippen LogP contribution in [0.4, 0.5) is 0 Å². The van der Waals surface area contributed by atoms with Crippen molar-refractivity contribution in [3.8, 4) is 5.75 Å². The number of nitrogens with one attached hydrogen (secondary N) is 2. The number of carbonyl (C=O) groups is 2. The topological polar surface area (TPSA) is 67.4 Å². The molecule has 0 spiro atoms. The van der Waals surface area contributed by atoms with Gasteiger partial charge in [0.2, 0.25) is 5.91 Å². The van der Waals surface area contributed by atoms with Crippen molar-refractivity contribution in [2.75, 3.05) is 19.7 Å². The molecule has 1 fully saturated rings.